The molecule has 0 aliphatic carbocycles. The first kappa shape index (κ1) is 13.9. The van der Waals surface area contributed by atoms with Crippen molar-refractivity contribution in [3.8, 4) is 6.07 Å². The second-order valence-corrected chi connectivity index (χ2v) is 4.23. The molecule has 2 aromatic carbocycles. The summed E-state index contributed by atoms with van der Waals surface area (Å²) >= 11 is 0. The van der Waals surface area contributed by atoms with Crippen molar-refractivity contribution in [3.05, 3.63) is 59.7 Å². The minimum Gasteiger partial charge on any atom is -0.345 e. The van der Waals surface area contributed by atoms with Gasteiger partial charge in [-0.05, 0) is 30.3 Å². The van der Waals surface area contributed by atoms with Crippen LogP contribution in [0.2, 0.25) is 0 Å². The van der Waals surface area contributed by atoms with Gasteiger partial charge in [0.05, 0.1) is 17.2 Å². The smallest absolute Gasteiger partial charge is 0.345 e. The molecule has 2 nitrogen and oxygen atoms in total. The maximum absolute atomic E-state index is 12.9. The van der Waals surface area contributed by atoms with Crippen LogP contribution in [0.4, 0.5) is 24.5 Å². The number of nitrogens with zero attached hydrogens (tertiary/aromatic N) is 2. The van der Waals surface area contributed by atoms with E-state index in [0.717, 1.165) is 11.8 Å². The molecule has 0 aliphatic rings. The SMILES string of the molecule is CN(c1ccccc1)c1ccc(C#N)c(C(F)(F)F)c1. The maximum Gasteiger partial charge on any atom is 0.417 e. The summed E-state index contributed by atoms with van der Waals surface area (Å²) in [7, 11) is 1.68. The van der Waals surface area contributed by atoms with Gasteiger partial charge in [-0.2, -0.15) is 18.4 Å². The van der Waals surface area contributed by atoms with E-state index in [1.54, 1.807) is 42.3 Å². The standard InChI is InChI=1S/C15H11F3N2/c1-20(12-5-3-2-4-6-12)13-8-7-11(10-19)14(9-13)15(16,17)18/h2-9H,1H3. The molecule has 20 heavy (non-hydrogen) atoms. The zero-order valence-electron chi connectivity index (χ0n) is 10.6. The van der Waals surface area contributed by atoms with E-state index in [9.17, 15) is 13.2 Å². The van der Waals surface area contributed by atoms with Gasteiger partial charge in [0, 0.05) is 18.4 Å². The van der Waals surface area contributed by atoms with Crippen molar-refractivity contribution >= 4 is 11.4 Å². The average molecular weight is 276 g/mol. The third kappa shape index (κ3) is 2.75. The number of rotatable bonds is 2. The van der Waals surface area contributed by atoms with Crippen LogP contribution in [0.5, 0.6) is 0 Å². The number of hydrogen-bond acceptors (Lipinski definition) is 2. The first-order valence-corrected chi connectivity index (χ1v) is 5.83. The molecule has 0 radical (unpaired) electrons. The fourth-order valence-corrected chi connectivity index (χ4v) is 1.87. The molecule has 0 spiro atoms. The Morgan fingerprint density at radius 3 is 2.20 bits per heavy atom. The molecule has 0 aliphatic heterocycles. The third-order valence-corrected chi connectivity index (χ3v) is 2.96. The highest BCUT2D eigenvalue weighted by Gasteiger charge is 2.34. The molecule has 0 amide bonds. The molecule has 2 aromatic rings. The van der Waals surface area contributed by atoms with Crippen LogP contribution in [0, 0.1) is 11.3 Å². The van der Waals surface area contributed by atoms with Gasteiger partial charge in [0.1, 0.15) is 0 Å². The second kappa shape index (κ2) is 5.25. The Labute approximate surface area is 114 Å². The van der Waals surface area contributed by atoms with Gasteiger partial charge < -0.3 is 4.90 Å². The number of alkyl halides is 3. The van der Waals surface area contributed by atoms with E-state index in [1.165, 1.54) is 12.1 Å². The largest absolute Gasteiger partial charge is 0.417 e. The van der Waals surface area contributed by atoms with Crippen molar-refractivity contribution in [1.29, 1.82) is 5.26 Å². The summed E-state index contributed by atoms with van der Waals surface area (Å²) in [5.74, 6) is 0. The Bertz CT molecular complexity index is 642. The van der Waals surface area contributed by atoms with Gasteiger partial charge in [-0.15, -0.1) is 0 Å². The van der Waals surface area contributed by atoms with Crippen LogP contribution in [0.25, 0.3) is 0 Å². The highest BCUT2D eigenvalue weighted by atomic mass is 19.4. The van der Waals surface area contributed by atoms with E-state index in [1.807, 2.05) is 6.07 Å². The minimum absolute atomic E-state index is 0.372. The molecule has 5 heteroatoms. The molecule has 0 aromatic heterocycles. The lowest BCUT2D eigenvalue weighted by Crippen LogP contribution is -2.13. The highest BCUT2D eigenvalue weighted by molar-refractivity contribution is 5.64. The van der Waals surface area contributed by atoms with Crippen LogP contribution in [0.15, 0.2) is 48.5 Å². The lowest BCUT2D eigenvalue weighted by molar-refractivity contribution is -0.137. The van der Waals surface area contributed by atoms with Crippen LogP contribution in [0.1, 0.15) is 11.1 Å². The van der Waals surface area contributed by atoms with E-state index in [0.29, 0.717) is 5.69 Å². The zero-order chi connectivity index (χ0) is 14.8. The fourth-order valence-electron chi connectivity index (χ4n) is 1.87. The van der Waals surface area contributed by atoms with Crippen LogP contribution in [0.3, 0.4) is 0 Å². The van der Waals surface area contributed by atoms with Gasteiger partial charge >= 0.3 is 6.18 Å². The van der Waals surface area contributed by atoms with E-state index in [2.05, 4.69) is 0 Å². The number of benzene rings is 2. The maximum atomic E-state index is 12.9. The molecule has 0 bridgehead atoms. The zero-order valence-corrected chi connectivity index (χ0v) is 10.6. The van der Waals surface area contributed by atoms with Gasteiger partial charge in [-0.25, -0.2) is 0 Å². The van der Waals surface area contributed by atoms with Crippen LogP contribution in [-0.2, 0) is 6.18 Å². The number of para-hydroxylation sites is 1. The van der Waals surface area contributed by atoms with Crippen LogP contribution >= 0.6 is 0 Å². The molecule has 0 heterocycles. The minimum atomic E-state index is -4.54. The lowest BCUT2D eigenvalue weighted by Gasteiger charge is -2.21. The van der Waals surface area contributed by atoms with Gasteiger partial charge in [0.15, 0.2) is 0 Å². The Hall–Kier alpha value is -2.48. The van der Waals surface area contributed by atoms with Gasteiger partial charge in [0.2, 0.25) is 0 Å². The van der Waals surface area contributed by atoms with Gasteiger partial charge in [-0.1, -0.05) is 18.2 Å². The van der Waals surface area contributed by atoms with Crippen molar-refractivity contribution < 1.29 is 13.2 Å². The summed E-state index contributed by atoms with van der Waals surface area (Å²) in [6, 6.07) is 14.3. The van der Waals surface area contributed by atoms with E-state index < -0.39 is 11.7 Å². The number of anilines is 2. The molecule has 102 valence electrons. The summed E-state index contributed by atoms with van der Waals surface area (Å²) in [6.07, 6.45) is -4.54. The predicted molar refractivity (Wildman–Crippen MR) is 70.7 cm³/mol. The molecule has 0 saturated heterocycles. The fraction of sp³-hybridized carbons (Fsp3) is 0.133. The monoisotopic (exact) mass is 276 g/mol. The molecule has 0 saturated carbocycles. The Balaban J connectivity index is 2.47. The number of nitriles is 1. The summed E-state index contributed by atoms with van der Waals surface area (Å²) < 4.78 is 38.7. The van der Waals surface area contributed by atoms with Crippen molar-refractivity contribution in [1.82, 2.24) is 0 Å². The quantitative estimate of drug-likeness (QED) is 0.815. The Morgan fingerprint density at radius 2 is 1.65 bits per heavy atom. The molecular formula is C15H11F3N2. The van der Waals surface area contributed by atoms with E-state index >= 15 is 0 Å². The lowest BCUT2D eigenvalue weighted by atomic mass is 10.1. The normalized spacial score (nSPS) is 10.9. The summed E-state index contributed by atoms with van der Waals surface area (Å²) in [4.78, 5) is 1.64. The molecule has 0 unspecified atom stereocenters. The van der Waals surface area contributed by atoms with E-state index in [-0.39, 0.29) is 5.56 Å². The summed E-state index contributed by atoms with van der Waals surface area (Å²) in [5, 5.41) is 8.76. The number of halogens is 3. The van der Waals surface area contributed by atoms with Crippen molar-refractivity contribution in [2.24, 2.45) is 0 Å². The molecule has 0 fully saturated rings. The van der Waals surface area contributed by atoms with Gasteiger partial charge in [-0.3, -0.25) is 0 Å². The highest BCUT2D eigenvalue weighted by Crippen LogP contribution is 2.35. The molecule has 2 rings (SSSR count). The summed E-state index contributed by atoms with van der Waals surface area (Å²) in [5.41, 5.74) is -0.143. The van der Waals surface area contributed by atoms with E-state index in [4.69, 9.17) is 5.26 Å². The Kier molecular flexibility index (Phi) is 3.66. The molecular weight excluding hydrogens is 265 g/mol. The third-order valence-electron chi connectivity index (χ3n) is 2.96. The van der Waals surface area contributed by atoms with Gasteiger partial charge in [0.25, 0.3) is 0 Å². The first-order valence-electron chi connectivity index (χ1n) is 5.83. The Morgan fingerprint density at radius 1 is 1.00 bits per heavy atom. The van der Waals surface area contributed by atoms with Crippen molar-refractivity contribution in [2.45, 2.75) is 6.18 Å². The first-order chi connectivity index (χ1) is 9.43. The topological polar surface area (TPSA) is 27.0 Å². The van der Waals surface area contributed by atoms with Crippen molar-refractivity contribution in [2.75, 3.05) is 11.9 Å². The second-order valence-electron chi connectivity index (χ2n) is 4.23. The molecule has 0 atom stereocenters. The van der Waals surface area contributed by atoms with Crippen LogP contribution in [-0.4, -0.2) is 7.05 Å². The van der Waals surface area contributed by atoms with Crippen LogP contribution < -0.4 is 4.90 Å². The molecule has 0 N–H and O–H groups in total. The average Bonchev–Trinajstić information content (AvgIpc) is 2.46. The summed E-state index contributed by atoms with van der Waals surface area (Å²) in [6.45, 7) is 0. The number of hydrogen-bond donors (Lipinski definition) is 0. The predicted octanol–water partition coefficient (Wildman–Crippen LogP) is 4.34. The van der Waals surface area contributed by atoms with Crippen molar-refractivity contribution in [3.63, 3.8) is 0 Å².